The molecule has 0 aliphatic rings. The molecule has 0 spiro atoms. The van der Waals surface area contributed by atoms with Gasteiger partial charge in [-0.05, 0) is 39.4 Å². The smallest absolute Gasteiger partial charge is 0.0593 e. The molecule has 0 saturated heterocycles. The third kappa shape index (κ3) is 12.1. The third-order valence-electron chi connectivity index (χ3n) is 2.91. The van der Waals surface area contributed by atoms with Crippen molar-refractivity contribution in [2.75, 3.05) is 39.4 Å². The molecule has 0 bridgehead atoms. The molecule has 3 nitrogen and oxygen atoms in total. The Morgan fingerprint density at radius 3 is 2.41 bits per heavy atom. The van der Waals surface area contributed by atoms with Crippen molar-refractivity contribution in [1.82, 2.24) is 10.2 Å². The van der Waals surface area contributed by atoms with Crippen LogP contribution in [-0.2, 0) is 4.74 Å². The van der Waals surface area contributed by atoms with Crippen LogP contribution in [0.2, 0.25) is 0 Å². The molecule has 0 aromatic rings. The molecule has 0 amide bonds. The fraction of sp³-hybridized carbons (Fsp3) is 1.00. The molecule has 0 rings (SSSR count). The van der Waals surface area contributed by atoms with Crippen LogP contribution in [0.3, 0.4) is 0 Å². The number of hydrogen-bond acceptors (Lipinski definition) is 3. The molecular weight excluding hydrogens is 212 g/mol. The predicted octanol–water partition coefficient (Wildman–Crippen LogP) is 2.51. The van der Waals surface area contributed by atoms with Crippen molar-refractivity contribution < 1.29 is 4.74 Å². The number of nitrogens with one attached hydrogen (secondary N) is 1. The second-order valence-corrected chi connectivity index (χ2v) is 4.80. The van der Waals surface area contributed by atoms with E-state index in [0.29, 0.717) is 6.04 Å². The van der Waals surface area contributed by atoms with Crippen LogP contribution in [-0.4, -0.2) is 50.3 Å². The van der Waals surface area contributed by atoms with Gasteiger partial charge in [0.1, 0.15) is 0 Å². The lowest BCUT2D eigenvalue weighted by atomic mass is 10.2. The van der Waals surface area contributed by atoms with Gasteiger partial charge in [0.25, 0.3) is 0 Å². The Hall–Kier alpha value is -0.120. The monoisotopic (exact) mass is 244 g/mol. The zero-order valence-electron chi connectivity index (χ0n) is 12.3. The maximum Gasteiger partial charge on any atom is 0.0593 e. The molecule has 3 heteroatoms. The van der Waals surface area contributed by atoms with Gasteiger partial charge in [-0.2, -0.15) is 0 Å². The highest BCUT2D eigenvalue weighted by Crippen LogP contribution is 1.98. The van der Waals surface area contributed by atoms with Crippen molar-refractivity contribution in [3.8, 4) is 0 Å². The first kappa shape index (κ1) is 16.9. The molecule has 104 valence electrons. The maximum absolute atomic E-state index is 5.39. The van der Waals surface area contributed by atoms with Crippen LogP contribution in [0.25, 0.3) is 0 Å². The van der Waals surface area contributed by atoms with Crippen LogP contribution in [0.5, 0.6) is 0 Å². The summed E-state index contributed by atoms with van der Waals surface area (Å²) < 4.78 is 5.39. The molecule has 0 unspecified atom stereocenters. The average Bonchev–Trinajstić information content (AvgIpc) is 2.31. The van der Waals surface area contributed by atoms with E-state index in [4.69, 9.17) is 4.74 Å². The minimum atomic E-state index is 0.619. The molecular formula is C14H32N2O. The third-order valence-corrected chi connectivity index (χ3v) is 2.91. The summed E-state index contributed by atoms with van der Waals surface area (Å²) in [4.78, 5) is 2.48. The van der Waals surface area contributed by atoms with Gasteiger partial charge in [0, 0.05) is 19.2 Å². The highest BCUT2D eigenvalue weighted by Gasteiger charge is 2.01. The van der Waals surface area contributed by atoms with Crippen molar-refractivity contribution in [3.05, 3.63) is 0 Å². The highest BCUT2D eigenvalue weighted by molar-refractivity contribution is 4.57. The number of likely N-dealkylation sites (N-methyl/N-ethyl adjacent to an activating group) is 1. The molecule has 17 heavy (non-hydrogen) atoms. The first-order chi connectivity index (χ1) is 8.20. The Labute approximate surface area is 108 Å². The zero-order chi connectivity index (χ0) is 12.9. The molecule has 0 aliphatic heterocycles. The number of nitrogens with zero attached hydrogens (tertiary/aromatic N) is 1. The summed E-state index contributed by atoms with van der Waals surface area (Å²) in [5, 5.41) is 3.46. The van der Waals surface area contributed by atoms with Gasteiger partial charge in [-0.1, -0.05) is 27.2 Å². The van der Waals surface area contributed by atoms with Gasteiger partial charge in [-0.15, -0.1) is 0 Å². The van der Waals surface area contributed by atoms with Crippen LogP contribution < -0.4 is 5.32 Å². The highest BCUT2D eigenvalue weighted by atomic mass is 16.5. The lowest BCUT2D eigenvalue weighted by molar-refractivity contribution is 0.114. The maximum atomic E-state index is 5.39. The summed E-state index contributed by atoms with van der Waals surface area (Å²) in [5.74, 6) is 0. The molecule has 0 aromatic heterocycles. The number of ether oxygens (including phenoxy) is 1. The first-order valence-electron chi connectivity index (χ1n) is 7.24. The van der Waals surface area contributed by atoms with E-state index < -0.39 is 0 Å². The second-order valence-electron chi connectivity index (χ2n) is 4.80. The lowest BCUT2D eigenvalue weighted by Gasteiger charge is -2.20. The summed E-state index contributed by atoms with van der Waals surface area (Å²) in [6, 6.07) is 0.619. The van der Waals surface area contributed by atoms with Crippen molar-refractivity contribution >= 4 is 0 Å². The Morgan fingerprint density at radius 1 is 1.06 bits per heavy atom. The van der Waals surface area contributed by atoms with Crippen molar-refractivity contribution in [3.63, 3.8) is 0 Å². The van der Waals surface area contributed by atoms with Gasteiger partial charge in [-0.25, -0.2) is 0 Å². The van der Waals surface area contributed by atoms with Gasteiger partial charge < -0.3 is 15.0 Å². The standard InChI is InChI=1S/C14H32N2O/c1-5-16(12-13-17-6-2)11-9-7-8-10-15-14(3)4/h14-15H,5-13H2,1-4H3. The fourth-order valence-electron chi connectivity index (χ4n) is 1.79. The van der Waals surface area contributed by atoms with Gasteiger partial charge in [0.05, 0.1) is 6.61 Å². The van der Waals surface area contributed by atoms with Crippen LogP contribution >= 0.6 is 0 Å². The minimum Gasteiger partial charge on any atom is -0.380 e. The Bertz CT molecular complexity index is 151. The molecule has 1 N–H and O–H groups in total. The van der Waals surface area contributed by atoms with E-state index >= 15 is 0 Å². The van der Waals surface area contributed by atoms with Gasteiger partial charge in [0.15, 0.2) is 0 Å². The van der Waals surface area contributed by atoms with Crippen LogP contribution in [0.15, 0.2) is 0 Å². The first-order valence-corrected chi connectivity index (χ1v) is 7.24. The summed E-state index contributed by atoms with van der Waals surface area (Å²) in [7, 11) is 0. The molecule has 0 aliphatic carbocycles. The van der Waals surface area contributed by atoms with E-state index in [0.717, 1.165) is 32.8 Å². The van der Waals surface area contributed by atoms with Gasteiger partial charge in [0.2, 0.25) is 0 Å². The topological polar surface area (TPSA) is 24.5 Å². The SMILES string of the molecule is CCOCCN(CC)CCCCCNC(C)C. The molecule has 0 radical (unpaired) electrons. The quantitative estimate of drug-likeness (QED) is 0.534. The molecule has 0 atom stereocenters. The van der Waals surface area contributed by atoms with E-state index in [1.807, 2.05) is 0 Å². The van der Waals surface area contributed by atoms with Gasteiger partial charge >= 0.3 is 0 Å². The molecule has 0 aromatic carbocycles. The normalized spacial score (nSPS) is 11.6. The van der Waals surface area contributed by atoms with E-state index in [2.05, 4.69) is 37.9 Å². The average molecular weight is 244 g/mol. The number of rotatable bonds is 12. The number of unbranched alkanes of at least 4 members (excludes halogenated alkanes) is 2. The van der Waals surface area contributed by atoms with Crippen LogP contribution in [0.1, 0.15) is 47.0 Å². The van der Waals surface area contributed by atoms with E-state index in [1.54, 1.807) is 0 Å². The Balaban J connectivity index is 3.30. The predicted molar refractivity (Wildman–Crippen MR) is 75.6 cm³/mol. The van der Waals surface area contributed by atoms with Crippen LogP contribution in [0, 0.1) is 0 Å². The summed E-state index contributed by atoms with van der Waals surface area (Å²) in [6.07, 6.45) is 3.92. The fourth-order valence-corrected chi connectivity index (χ4v) is 1.79. The number of hydrogen-bond donors (Lipinski definition) is 1. The van der Waals surface area contributed by atoms with E-state index in [1.165, 1.54) is 25.8 Å². The molecule has 0 heterocycles. The van der Waals surface area contributed by atoms with Crippen molar-refractivity contribution in [2.45, 2.75) is 53.0 Å². The largest absolute Gasteiger partial charge is 0.380 e. The van der Waals surface area contributed by atoms with Crippen molar-refractivity contribution in [2.24, 2.45) is 0 Å². The Kier molecular flexibility index (Phi) is 12.3. The minimum absolute atomic E-state index is 0.619. The lowest BCUT2D eigenvalue weighted by Crippen LogP contribution is -2.29. The summed E-state index contributed by atoms with van der Waals surface area (Å²) >= 11 is 0. The van der Waals surface area contributed by atoms with Crippen molar-refractivity contribution in [1.29, 1.82) is 0 Å². The van der Waals surface area contributed by atoms with Gasteiger partial charge in [-0.3, -0.25) is 0 Å². The second kappa shape index (κ2) is 12.3. The summed E-state index contributed by atoms with van der Waals surface area (Å²) in [6.45, 7) is 15.0. The van der Waals surface area contributed by atoms with E-state index in [-0.39, 0.29) is 0 Å². The Morgan fingerprint density at radius 2 is 1.82 bits per heavy atom. The molecule has 0 fully saturated rings. The summed E-state index contributed by atoms with van der Waals surface area (Å²) in [5.41, 5.74) is 0. The van der Waals surface area contributed by atoms with Crippen LogP contribution in [0.4, 0.5) is 0 Å². The molecule has 0 saturated carbocycles. The zero-order valence-corrected chi connectivity index (χ0v) is 12.3. The van der Waals surface area contributed by atoms with E-state index in [9.17, 15) is 0 Å².